The number of hydrogen-bond donors (Lipinski definition) is 0. The van der Waals surface area contributed by atoms with Crippen molar-refractivity contribution in [3.8, 4) is 5.88 Å². The third-order valence-electron chi connectivity index (χ3n) is 1.54. The van der Waals surface area contributed by atoms with Gasteiger partial charge >= 0.3 is 0 Å². The molecule has 0 aliphatic heterocycles. The van der Waals surface area contributed by atoms with Crippen LogP contribution >= 0.6 is 11.6 Å². The summed E-state index contributed by atoms with van der Waals surface area (Å²) in [6.45, 7) is 0. The molecule has 0 spiro atoms. The highest BCUT2D eigenvalue weighted by Crippen LogP contribution is 2.29. The molecule has 0 N–H and O–H groups in total. The molecule has 76 valence electrons. The second kappa shape index (κ2) is 4.32. The molecule has 1 heterocycles. The Balaban J connectivity index is 3.31. The minimum Gasteiger partial charge on any atom is -0.480 e. The normalized spacial score (nSPS) is 10.4. The summed E-state index contributed by atoms with van der Waals surface area (Å²) < 4.78 is 29.3. The van der Waals surface area contributed by atoms with Crippen LogP contribution in [0.1, 0.15) is 22.5 Å². The van der Waals surface area contributed by atoms with Gasteiger partial charge < -0.3 is 4.74 Å². The number of hydrogen-bond acceptors (Lipinski definition) is 3. The van der Waals surface area contributed by atoms with Gasteiger partial charge in [0.05, 0.1) is 7.11 Å². The maximum atomic E-state index is 12.3. The van der Waals surface area contributed by atoms with Crippen LogP contribution in [0.2, 0.25) is 5.02 Å². The zero-order valence-corrected chi connectivity index (χ0v) is 7.89. The number of aldehydes is 1. The Kier molecular flexibility index (Phi) is 3.35. The van der Waals surface area contributed by atoms with Crippen molar-refractivity contribution in [2.24, 2.45) is 0 Å². The van der Waals surface area contributed by atoms with Crippen LogP contribution in [-0.2, 0) is 0 Å². The standard InChI is InChI=1S/C8H6ClF2NO2/c1-14-8-5(9)2-4(7(10)11)6(3-13)12-8/h2-3,7H,1H3. The van der Waals surface area contributed by atoms with Gasteiger partial charge in [-0.05, 0) is 6.07 Å². The van der Waals surface area contributed by atoms with Crippen LogP contribution in [0.5, 0.6) is 5.88 Å². The number of nitrogens with zero attached hydrogens (tertiary/aromatic N) is 1. The maximum Gasteiger partial charge on any atom is 0.266 e. The predicted molar refractivity (Wildman–Crippen MR) is 46.1 cm³/mol. The van der Waals surface area contributed by atoms with E-state index in [0.717, 1.165) is 6.07 Å². The summed E-state index contributed by atoms with van der Waals surface area (Å²) in [5, 5.41) is -0.0478. The molecule has 0 bridgehead atoms. The first-order valence-electron chi connectivity index (χ1n) is 3.58. The van der Waals surface area contributed by atoms with Gasteiger partial charge in [-0.3, -0.25) is 4.79 Å². The second-order valence-electron chi connectivity index (χ2n) is 2.37. The van der Waals surface area contributed by atoms with Crippen molar-refractivity contribution in [1.29, 1.82) is 0 Å². The summed E-state index contributed by atoms with van der Waals surface area (Å²) in [5.41, 5.74) is -0.855. The third kappa shape index (κ3) is 1.98. The quantitative estimate of drug-likeness (QED) is 0.736. The van der Waals surface area contributed by atoms with E-state index in [2.05, 4.69) is 9.72 Å². The van der Waals surface area contributed by atoms with Crippen molar-refractivity contribution in [3.63, 3.8) is 0 Å². The molecule has 0 saturated heterocycles. The van der Waals surface area contributed by atoms with Crippen molar-refractivity contribution >= 4 is 17.9 Å². The summed E-state index contributed by atoms with van der Waals surface area (Å²) >= 11 is 5.57. The first kappa shape index (κ1) is 10.8. The van der Waals surface area contributed by atoms with E-state index in [1.54, 1.807) is 0 Å². The van der Waals surface area contributed by atoms with Crippen LogP contribution < -0.4 is 4.74 Å². The van der Waals surface area contributed by atoms with Gasteiger partial charge in [-0.15, -0.1) is 0 Å². The van der Waals surface area contributed by atoms with Crippen molar-refractivity contribution in [1.82, 2.24) is 4.98 Å². The van der Waals surface area contributed by atoms with E-state index in [1.807, 2.05) is 0 Å². The topological polar surface area (TPSA) is 39.2 Å². The van der Waals surface area contributed by atoms with Crippen LogP contribution in [0, 0.1) is 0 Å². The first-order valence-corrected chi connectivity index (χ1v) is 3.95. The van der Waals surface area contributed by atoms with E-state index in [4.69, 9.17) is 11.6 Å². The number of rotatable bonds is 3. The van der Waals surface area contributed by atoms with Crippen LogP contribution in [-0.4, -0.2) is 18.4 Å². The molecule has 0 atom stereocenters. The molecule has 0 fully saturated rings. The molecule has 0 radical (unpaired) electrons. The molecule has 0 amide bonds. The molecule has 1 aromatic rings. The van der Waals surface area contributed by atoms with Gasteiger partial charge in [-0.25, -0.2) is 13.8 Å². The Morgan fingerprint density at radius 1 is 1.64 bits per heavy atom. The van der Waals surface area contributed by atoms with Crippen molar-refractivity contribution in [2.45, 2.75) is 6.43 Å². The van der Waals surface area contributed by atoms with Gasteiger partial charge in [0.2, 0.25) is 5.88 Å². The predicted octanol–water partition coefficient (Wildman–Crippen LogP) is 2.49. The Morgan fingerprint density at radius 2 is 2.29 bits per heavy atom. The minimum absolute atomic E-state index is 0.0434. The fraction of sp³-hybridized carbons (Fsp3) is 0.250. The molecular weight excluding hydrogens is 216 g/mol. The van der Waals surface area contributed by atoms with E-state index in [0.29, 0.717) is 0 Å². The summed E-state index contributed by atoms with van der Waals surface area (Å²) in [6, 6.07) is 0.974. The van der Waals surface area contributed by atoms with Gasteiger partial charge in [0.1, 0.15) is 10.7 Å². The monoisotopic (exact) mass is 221 g/mol. The Labute approximate surface area is 83.7 Å². The molecule has 3 nitrogen and oxygen atoms in total. The molecule has 14 heavy (non-hydrogen) atoms. The first-order chi connectivity index (χ1) is 6.60. The highest BCUT2D eigenvalue weighted by Gasteiger charge is 2.17. The SMILES string of the molecule is COc1nc(C=O)c(C(F)F)cc1Cl. The van der Waals surface area contributed by atoms with E-state index in [9.17, 15) is 13.6 Å². The molecule has 0 aliphatic rings. The molecule has 0 aliphatic carbocycles. The molecule has 0 saturated carbocycles. The molecule has 0 aromatic carbocycles. The Morgan fingerprint density at radius 3 is 2.71 bits per heavy atom. The fourth-order valence-corrected chi connectivity index (χ4v) is 1.15. The van der Waals surface area contributed by atoms with Gasteiger partial charge in [0.25, 0.3) is 6.43 Å². The van der Waals surface area contributed by atoms with Gasteiger partial charge in [-0.1, -0.05) is 11.6 Å². The molecular formula is C8H6ClF2NO2. The average molecular weight is 222 g/mol. The molecule has 0 unspecified atom stereocenters. The van der Waals surface area contributed by atoms with E-state index in [-0.39, 0.29) is 22.9 Å². The lowest BCUT2D eigenvalue weighted by Gasteiger charge is -2.06. The number of alkyl halides is 2. The van der Waals surface area contributed by atoms with Crippen molar-refractivity contribution < 1.29 is 18.3 Å². The number of carbonyl (C=O) groups excluding carboxylic acids is 1. The number of halogens is 3. The van der Waals surface area contributed by atoms with Crippen LogP contribution in [0.3, 0.4) is 0 Å². The van der Waals surface area contributed by atoms with Gasteiger partial charge in [0, 0.05) is 5.56 Å². The zero-order valence-electron chi connectivity index (χ0n) is 7.13. The number of ether oxygens (including phenoxy) is 1. The summed E-state index contributed by atoms with van der Waals surface area (Å²) in [5.74, 6) is -0.0434. The fourth-order valence-electron chi connectivity index (χ4n) is 0.912. The Bertz CT molecular complexity index is 357. The van der Waals surface area contributed by atoms with E-state index >= 15 is 0 Å². The molecule has 1 aromatic heterocycles. The molecule has 1 rings (SSSR count). The van der Waals surface area contributed by atoms with Crippen LogP contribution in [0.15, 0.2) is 6.07 Å². The number of carbonyl (C=O) groups is 1. The second-order valence-corrected chi connectivity index (χ2v) is 2.78. The lowest BCUT2D eigenvalue weighted by molar-refractivity contribution is 0.110. The van der Waals surface area contributed by atoms with Gasteiger partial charge in [-0.2, -0.15) is 0 Å². The largest absolute Gasteiger partial charge is 0.480 e. The van der Waals surface area contributed by atoms with Crippen LogP contribution in [0.25, 0.3) is 0 Å². The average Bonchev–Trinajstić information content (AvgIpc) is 2.17. The molecule has 6 heteroatoms. The smallest absolute Gasteiger partial charge is 0.266 e. The third-order valence-corrected chi connectivity index (χ3v) is 1.82. The summed E-state index contributed by atoms with van der Waals surface area (Å²) in [6.07, 6.45) is -2.55. The maximum absolute atomic E-state index is 12.3. The highest BCUT2D eigenvalue weighted by atomic mass is 35.5. The number of pyridine rings is 1. The number of methoxy groups -OCH3 is 1. The van der Waals surface area contributed by atoms with Crippen LogP contribution in [0.4, 0.5) is 8.78 Å². The van der Waals surface area contributed by atoms with Crippen molar-refractivity contribution in [3.05, 3.63) is 22.3 Å². The van der Waals surface area contributed by atoms with E-state index in [1.165, 1.54) is 7.11 Å². The highest BCUT2D eigenvalue weighted by molar-refractivity contribution is 6.32. The lowest BCUT2D eigenvalue weighted by atomic mass is 10.2. The summed E-state index contributed by atoms with van der Waals surface area (Å²) in [7, 11) is 1.28. The summed E-state index contributed by atoms with van der Waals surface area (Å²) in [4.78, 5) is 13.9. The minimum atomic E-state index is -2.79. The van der Waals surface area contributed by atoms with Gasteiger partial charge in [0.15, 0.2) is 6.29 Å². The lowest BCUT2D eigenvalue weighted by Crippen LogP contribution is -2.00. The Hall–Kier alpha value is -1.23. The van der Waals surface area contributed by atoms with Crippen molar-refractivity contribution in [2.75, 3.05) is 7.11 Å². The van der Waals surface area contributed by atoms with E-state index < -0.39 is 12.0 Å². The zero-order chi connectivity index (χ0) is 10.7. The number of aromatic nitrogens is 1.